The first kappa shape index (κ1) is 11.5. The van der Waals surface area contributed by atoms with Crippen molar-refractivity contribution in [1.82, 2.24) is 4.98 Å². The Bertz CT molecular complexity index is 604. The minimum atomic E-state index is -3.36. The fourth-order valence-corrected chi connectivity index (χ4v) is 2.36. The molecule has 3 nitrogen and oxygen atoms in total. The first-order chi connectivity index (χ1) is 8.18. The van der Waals surface area contributed by atoms with Crippen molar-refractivity contribution in [1.29, 1.82) is 0 Å². The van der Waals surface area contributed by atoms with Gasteiger partial charge in [-0.3, -0.25) is 4.98 Å². The molecule has 0 saturated heterocycles. The van der Waals surface area contributed by atoms with Gasteiger partial charge in [0.05, 0.1) is 4.90 Å². The maximum Gasteiger partial charge on any atom is 0.199 e. The molecule has 0 bridgehead atoms. The first-order valence-electron chi connectivity index (χ1n) is 5.07. The summed E-state index contributed by atoms with van der Waals surface area (Å²) in [5, 5.41) is 1.21. The Kier molecular flexibility index (Phi) is 3.35. The van der Waals surface area contributed by atoms with Crippen LogP contribution in [0.5, 0.6) is 0 Å². The van der Waals surface area contributed by atoms with Crippen LogP contribution in [-0.4, -0.2) is 13.4 Å². The molecule has 17 heavy (non-hydrogen) atoms. The molecule has 0 saturated carbocycles. The predicted octanol–water partition coefficient (Wildman–Crippen LogP) is 2.53. The van der Waals surface area contributed by atoms with E-state index in [9.17, 15) is 8.42 Å². The summed E-state index contributed by atoms with van der Waals surface area (Å²) in [5.74, 6) is 0. The van der Waals surface area contributed by atoms with Gasteiger partial charge in [0.15, 0.2) is 9.84 Å². The standard InChI is InChI=1S/C13H11NO2S/c15-17(16,13-4-2-1-3-5-13)11-8-12-6-9-14-10-7-12/h1-11H/b11-8+. The zero-order valence-electron chi connectivity index (χ0n) is 9.02. The number of aromatic nitrogens is 1. The molecular formula is C13H11NO2S. The molecule has 0 aliphatic rings. The Labute approximate surface area is 100 Å². The topological polar surface area (TPSA) is 47.0 Å². The van der Waals surface area contributed by atoms with E-state index in [1.54, 1.807) is 60.9 Å². The van der Waals surface area contributed by atoms with E-state index in [0.717, 1.165) is 5.56 Å². The van der Waals surface area contributed by atoms with Crippen molar-refractivity contribution in [2.24, 2.45) is 0 Å². The summed E-state index contributed by atoms with van der Waals surface area (Å²) < 4.78 is 23.8. The SMILES string of the molecule is O=S(=O)(/C=C/c1ccncc1)c1ccccc1. The Morgan fingerprint density at radius 2 is 1.59 bits per heavy atom. The highest BCUT2D eigenvalue weighted by Gasteiger charge is 2.08. The summed E-state index contributed by atoms with van der Waals surface area (Å²) in [6.45, 7) is 0. The molecule has 0 atom stereocenters. The van der Waals surface area contributed by atoms with E-state index in [1.165, 1.54) is 5.41 Å². The number of benzene rings is 1. The molecule has 0 unspecified atom stereocenters. The summed E-state index contributed by atoms with van der Waals surface area (Å²) in [7, 11) is -3.36. The summed E-state index contributed by atoms with van der Waals surface area (Å²) in [4.78, 5) is 4.16. The molecule has 86 valence electrons. The van der Waals surface area contributed by atoms with Gasteiger partial charge in [-0.2, -0.15) is 0 Å². The monoisotopic (exact) mass is 245 g/mol. The van der Waals surface area contributed by atoms with Crippen LogP contribution in [0.4, 0.5) is 0 Å². The third kappa shape index (κ3) is 3.01. The van der Waals surface area contributed by atoms with Gasteiger partial charge in [-0.15, -0.1) is 0 Å². The lowest BCUT2D eigenvalue weighted by molar-refractivity contribution is 0.605. The number of nitrogens with zero attached hydrogens (tertiary/aromatic N) is 1. The van der Waals surface area contributed by atoms with Crippen LogP contribution in [0.3, 0.4) is 0 Å². The number of hydrogen-bond acceptors (Lipinski definition) is 3. The summed E-state index contributed by atoms with van der Waals surface area (Å²) in [6, 6.07) is 11.8. The fraction of sp³-hybridized carbons (Fsp3) is 0. The lowest BCUT2D eigenvalue weighted by Crippen LogP contribution is -1.95. The van der Waals surface area contributed by atoms with E-state index in [2.05, 4.69) is 4.98 Å². The average Bonchev–Trinajstić information content (AvgIpc) is 2.39. The maximum atomic E-state index is 11.9. The normalized spacial score (nSPS) is 11.8. The van der Waals surface area contributed by atoms with Gasteiger partial charge in [0.1, 0.15) is 0 Å². The average molecular weight is 245 g/mol. The van der Waals surface area contributed by atoms with Gasteiger partial charge < -0.3 is 0 Å². The first-order valence-corrected chi connectivity index (χ1v) is 6.61. The minimum Gasteiger partial charge on any atom is -0.265 e. The highest BCUT2D eigenvalue weighted by molar-refractivity contribution is 7.94. The summed E-state index contributed by atoms with van der Waals surface area (Å²) >= 11 is 0. The molecule has 0 fully saturated rings. The quantitative estimate of drug-likeness (QED) is 0.834. The summed E-state index contributed by atoms with van der Waals surface area (Å²) in [6.07, 6.45) is 4.80. The lowest BCUT2D eigenvalue weighted by Gasteiger charge is -1.97. The van der Waals surface area contributed by atoms with Crippen LogP contribution < -0.4 is 0 Å². The zero-order valence-corrected chi connectivity index (χ0v) is 9.84. The molecule has 1 aromatic heterocycles. The van der Waals surface area contributed by atoms with E-state index < -0.39 is 9.84 Å². The van der Waals surface area contributed by atoms with Gasteiger partial charge >= 0.3 is 0 Å². The van der Waals surface area contributed by atoms with E-state index in [4.69, 9.17) is 0 Å². The molecule has 0 aliphatic carbocycles. The van der Waals surface area contributed by atoms with Gasteiger partial charge in [-0.05, 0) is 35.9 Å². The molecule has 2 aromatic rings. The largest absolute Gasteiger partial charge is 0.265 e. The van der Waals surface area contributed by atoms with E-state index >= 15 is 0 Å². The van der Waals surface area contributed by atoms with Gasteiger partial charge in [-0.25, -0.2) is 8.42 Å². The number of hydrogen-bond donors (Lipinski definition) is 0. The van der Waals surface area contributed by atoms with Gasteiger partial charge in [0, 0.05) is 17.8 Å². The molecule has 0 N–H and O–H groups in total. The minimum absolute atomic E-state index is 0.297. The van der Waals surface area contributed by atoms with Gasteiger partial charge in [0.25, 0.3) is 0 Å². The van der Waals surface area contributed by atoms with Crippen LogP contribution >= 0.6 is 0 Å². The van der Waals surface area contributed by atoms with Gasteiger partial charge in [-0.1, -0.05) is 18.2 Å². The van der Waals surface area contributed by atoms with Crippen molar-refractivity contribution in [2.45, 2.75) is 4.90 Å². The Morgan fingerprint density at radius 1 is 0.941 bits per heavy atom. The van der Waals surface area contributed by atoms with Crippen LogP contribution in [0, 0.1) is 0 Å². The Morgan fingerprint density at radius 3 is 2.24 bits per heavy atom. The Hall–Kier alpha value is -1.94. The van der Waals surface area contributed by atoms with Crippen LogP contribution in [0.25, 0.3) is 6.08 Å². The summed E-state index contributed by atoms with van der Waals surface area (Å²) in [5.41, 5.74) is 0.805. The van der Waals surface area contributed by atoms with Gasteiger partial charge in [0.2, 0.25) is 0 Å². The number of rotatable bonds is 3. The molecular weight excluding hydrogens is 234 g/mol. The van der Waals surface area contributed by atoms with Crippen molar-refractivity contribution < 1.29 is 8.42 Å². The van der Waals surface area contributed by atoms with Crippen LogP contribution in [0.2, 0.25) is 0 Å². The van der Waals surface area contributed by atoms with Crippen molar-refractivity contribution >= 4 is 15.9 Å². The molecule has 0 radical (unpaired) electrons. The second kappa shape index (κ2) is 4.93. The van der Waals surface area contributed by atoms with E-state index in [-0.39, 0.29) is 0 Å². The highest BCUT2D eigenvalue weighted by atomic mass is 32.2. The van der Waals surface area contributed by atoms with E-state index in [1.807, 2.05) is 0 Å². The van der Waals surface area contributed by atoms with Crippen LogP contribution in [-0.2, 0) is 9.84 Å². The van der Waals surface area contributed by atoms with E-state index in [0.29, 0.717) is 4.90 Å². The molecule has 1 aromatic carbocycles. The Balaban J connectivity index is 2.28. The van der Waals surface area contributed by atoms with Crippen molar-refractivity contribution in [3.63, 3.8) is 0 Å². The molecule has 1 heterocycles. The third-order valence-electron chi connectivity index (χ3n) is 2.22. The second-order valence-electron chi connectivity index (χ2n) is 3.44. The fourth-order valence-electron chi connectivity index (χ4n) is 1.33. The second-order valence-corrected chi connectivity index (χ2v) is 5.27. The third-order valence-corrected chi connectivity index (χ3v) is 3.64. The molecule has 0 aliphatic heterocycles. The predicted molar refractivity (Wildman–Crippen MR) is 66.9 cm³/mol. The molecule has 2 rings (SSSR count). The zero-order chi connectivity index (χ0) is 12.1. The lowest BCUT2D eigenvalue weighted by atomic mass is 10.3. The van der Waals surface area contributed by atoms with Crippen LogP contribution in [0.1, 0.15) is 5.56 Å². The molecule has 0 spiro atoms. The smallest absolute Gasteiger partial charge is 0.199 e. The molecule has 0 amide bonds. The van der Waals surface area contributed by atoms with Crippen LogP contribution in [0.15, 0.2) is 65.2 Å². The van der Waals surface area contributed by atoms with Crippen molar-refractivity contribution in [2.75, 3.05) is 0 Å². The van der Waals surface area contributed by atoms with Crippen molar-refractivity contribution in [3.8, 4) is 0 Å². The number of pyridine rings is 1. The maximum absolute atomic E-state index is 11.9. The highest BCUT2D eigenvalue weighted by Crippen LogP contribution is 2.12. The number of sulfone groups is 1. The molecule has 4 heteroatoms. The van der Waals surface area contributed by atoms with Crippen molar-refractivity contribution in [3.05, 3.63) is 65.8 Å².